The number of methoxy groups -OCH3 is 1. The first-order valence-electron chi connectivity index (χ1n) is 9.36. The van der Waals surface area contributed by atoms with E-state index >= 15 is 0 Å². The van der Waals surface area contributed by atoms with Crippen LogP contribution in [0, 0.1) is 0 Å². The highest BCUT2D eigenvalue weighted by atomic mass is 79.9. The molecule has 3 N–H and O–H groups in total. The maximum absolute atomic E-state index is 12.3. The maximum atomic E-state index is 12.3. The third-order valence-electron chi connectivity index (χ3n) is 4.11. The van der Waals surface area contributed by atoms with Gasteiger partial charge in [0.25, 0.3) is 11.8 Å². The Balaban J connectivity index is 1.53. The van der Waals surface area contributed by atoms with E-state index in [1.807, 2.05) is 0 Å². The molecule has 1 aromatic heterocycles. The number of thioether (sulfide) groups is 1. The van der Waals surface area contributed by atoms with Gasteiger partial charge in [-0.2, -0.15) is 5.10 Å². The summed E-state index contributed by atoms with van der Waals surface area (Å²) in [6.45, 7) is 2.04. The average Bonchev–Trinajstić information content (AvgIpc) is 3.22. The van der Waals surface area contributed by atoms with E-state index in [-0.39, 0.29) is 24.2 Å². The summed E-state index contributed by atoms with van der Waals surface area (Å²) in [4.78, 5) is 25.9. The molecule has 0 radical (unpaired) electrons. The second-order valence-corrected chi connectivity index (χ2v) is 9.39. The van der Waals surface area contributed by atoms with Gasteiger partial charge in [0.15, 0.2) is 22.4 Å². The molecule has 3 rings (SSSR count). The molecule has 0 saturated carbocycles. The minimum absolute atomic E-state index is 0.115. The van der Waals surface area contributed by atoms with Crippen molar-refractivity contribution >= 4 is 62.2 Å². The summed E-state index contributed by atoms with van der Waals surface area (Å²) in [5.74, 6) is 0.537. The zero-order valence-corrected chi connectivity index (χ0v) is 20.3. The van der Waals surface area contributed by atoms with Crippen LogP contribution in [-0.4, -0.2) is 78.9 Å². The van der Waals surface area contributed by atoms with Gasteiger partial charge in [-0.3, -0.25) is 9.59 Å². The highest BCUT2D eigenvalue weighted by molar-refractivity contribution is 9.10. The predicted octanol–water partition coefficient (Wildman–Crippen LogP) is 1.37. The minimum atomic E-state index is -0.298. The van der Waals surface area contributed by atoms with Gasteiger partial charge in [-0.1, -0.05) is 23.1 Å². The highest BCUT2D eigenvalue weighted by Crippen LogP contribution is 2.36. The molecule has 0 aliphatic carbocycles. The van der Waals surface area contributed by atoms with Crippen LogP contribution in [0.2, 0.25) is 0 Å². The van der Waals surface area contributed by atoms with Crippen molar-refractivity contribution in [1.29, 1.82) is 0 Å². The number of anilines is 1. The van der Waals surface area contributed by atoms with Crippen molar-refractivity contribution in [2.75, 3.05) is 51.5 Å². The van der Waals surface area contributed by atoms with Gasteiger partial charge < -0.3 is 24.8 Å². The van der Waals surface area contributed by atoms with Crippen molar-refractivity contribution in [3.63, 3.8) is 0 Å². The van der Waals surface area contributed by atoms with Gasteiger partial charge in [0.05, 0.1) is 36.8 Å². The second kappa shape index (κ2) is 12.0. The minimum Gasteiger partial charge on any atom is -0.493 e. The number of hydrazone groups is 1. The number of hydrogen-bond donors (Lipinski definition) is 2. The van der Waals surface area contributed by atoms with Gasteiger partial charge in [0.2, 0.25) is 5.13 Å². The molecule has 0 atom stereocenters. The molecule has 0 spiro atoms. The number of amides is 2. The normalized spacial score (nSPS) is 13.9. The van der Waals surface area contributed by atoms with Crippen LogP contribution in [0.3, 0.4) is 0 Å². The average molecular weight is 545 g/mol. The molecule has 14 heteroatoms. The Morgan fingerprint density at radius 1 is 1.41 bits per heavy atom. The number of morpholine rings is 1. The van der Waals surface area contributed by atoms with Crippen LogP contribution in [0.4, 0.5) is 5.13 Å². The summed E-state index contributed by atoms with van der Waals surface area (Å²) >= 11 is 5.87. The molecule has 2 heterocycles. The Bertz CT molecular complexity index is 983. The molecule has 1 aliphatic heterocycles. The summed E-state index contributed by atoms with van der Waals surface area (Å²) in [6.07, 6.45) is 1.47. The quantitative estimate of drug-likeness (QED) is 0.272. The van der Waals surface area contributed by atoms with E-state index in [9.17, 15) is 9.59 Å². The van der Waals surface area contributed by atoms with Crippen molar-refractivity contribution in [3.05, 3.63) is 22.2 Å². The number of benzene rings is 1. The lowest BCUT2D eigenvalue weighted by molar-refractivity contribution is -0.137. The Morgan fingerprint density at radius 2 is 2.19 bits per heavy atom. The number of nitrogens with zero attached hydrogens (tertiary/aromatic N) is 4. The van der Waals surface area contributed by atoms with Crippen LogP contribution in [-0.2, 0) is 14.3 Å². The zero-order valence-electron chi connectivity index (χ0n) is 17.1. The number of nitrogens with one attached hydrogen (secondary N) is 1. The Morgan fingerprint density at radius 3 is 2.88 bits per heavy atom. The number of nitrogen functional groups attached to an aromatic ring is 1. The van der Waals surface area contributed by atoms with E-state index in [2.05, 4.69) is 36.7 Å². The monoisotopic (exact) mass is 544 g/mol. The first-order valence-corrected chi connectivity index (χ1v) is 12.0. The number of nitrogens with two attached hydrogens (primary N) is 1. The SMILES string of the molecule is COc1cc(C=NNC(=O)CSc2nnc(N)s2)cc(Br)c1OCC(=O)N1CCOCC1. The number of rotatable bonds is 9. The lowest BCUT2D eigenvalue weighted by Crippen LogP contribution is -2.43. The van der Waals surface area contributed by atoms with Crippen molar-refractivity contribution in [2.45, 2.75) is 4.34 Å². The maximum Gasteiger partial charge on any atom is 0.260 e. The van der Waals surface area contributed by atoms with Crippen molar-refractivity contribution in [2.24, 2.45) is 5.10 Å². The fraction of sp³-hybridized carbons (Fsp3) is 0.389. The van der Waals surface area contributed by atoms with Crippen LogP contribution >= 0.6 is 39.0 Å². The number of hydrogen-bond acceptors (Lipinski definition) is 11. The van der Waals surface area contributed by atoms with Crippen LogP contribution < -0.4 is 20.6 Å². The van der Waals surface area contributed by atoms with Crippen LogP contribution in [0.5, 0.6) is 11.5 Å². The van der Waals surface area contributed by atoms with Crippen LogP contribution in [0.25, 0.3) is 0 Å². The first-order chi connectivity index (χ1) is 15.5. The molecule has 1 aromatic carbocycles. The van der Waals surface area contributed by atoms with E-state index in [0.717, 1.165) is 0 Å². The third kappa shape index (κ3) is 7.05. The highest BCUT2D eigenvalue weighted by Gasteiger charge is 2.19. The summed E-state index contributed by atoms with van der Waals surface area (Å²) in [5.41, 5.74) is 8.61. The number of ether oxygens (including phenoxy) is 3. The lowest BCUT2D eigenvalue weighted by Gasteiger charge is -2.26. The third-order valence-corrected chi connectivity index (χ3v) is 6.58. The molecule has 1 fully saturated rings. The number of carbonyl (C=O) groups is 2. The fourth-order valence-corrected chi connectivity index (χ4v) is 4.61. The molecule has 172 valence electrons. The largest absolute Gasteiger partial charge is 0.493 e. The Labute approximate surface area is 200 Å². The smallest absolute Gasteiger partial charge is 0.260 e. The molecule has 1 aliphatic rings. The van der Waals surface area contributed by atoms with E-state index in [0.29, 0.717) is 57.3 Å². The summed E-state index contributed by atoms with van der Waals surface area (Å²) in [7, 11) is 1.50. The predicted molar refractivity (Wildman–Crippen MR) is 124 cm³/mol. The summed E-state index contributed by atoms with van der Waals surface area (Å²) < 4.78 is 17.5. The standard InChI is InChI=1S/C18H21BrN6O5S2/c1-28-13-7-11(8-21-22-14(26)10-31-18-24-23-17(20)32-18)6-12(19)16(13)30-9-15(27)25-2-4-29-5-3-25/h6-8H,2-5,9-10H2,1H3,(H2,20,23)(H,22,26). The van der Waals surface area contributed by atoms with Crippen molar-refractivity contribution in [1.82, 2.24) is 20.5 Å². The van der Waals surface area contributed by atoms with Gasteiger partial charge in [-0.05, 0) is 33.6 Å². The van der Waals surface area contributed by atoms with Crippen molar-refractivity contribution < 1.29 is 23.8 Å². The van der Waals surface area contributed by atoms with Gasteiger partial charge in [0, 0.05) is 13.1 Å². The van der Waals surface area contributed by atoms with Crippen molar-refractivity contribution in [3.8, 4) is 11.5 Å². The Hall–Kier alpha value is -2.42. The van der Waals surface area contributed by atoms with E-state index < -0.39 is 0 Å². The summed E-state index contributed by atoms with van der Waals surface area (Å²) in [5, 5.41) is 11.8. The van der Waals surface area contributed by atoms with Crippen LogP contribution in [0.15, 0.2) is 26.0 Å². The zero-order chi connectivity index (χ0) is 22.9. The molecule has 2 aromatic rings. The van der Waals surface area contributed by atoms with Gasteiger partial charge in [0.1, 0.15) is 0 Å². The molecule has 1 saturated heterocycles. The number of aromatic nitrogens is 2. The van der Waals surface area contributed by atoms with E-state index in [4.69, 9.17) is 19.9 Å². The molecule has 0 bridgehead atoms. The molecule has 0 unspecified atom stereocenters. The molecular weight excluding hydrogens is 524 g/mol. The first kappa shape index (κ1) is 24.2. The van der Waals surface area contributed by atoms with Gasteiger partial charge >= 0.3 is 0 Å². The fourth-order valence-electron chi connectivity index (χ4n) is 2.61. The van der Waals surface area contributed by atoms with E-state index in [1.54, 1.807) is 17.0 Å². The molecular formula is C18H21BrN6O5S2. The Kier molecular flexibility index (Phi) is 9.08. The number of carbonyl (C=O) groups excluding carboxylic acids is 2. The topological polar surface area (TPSA) is 141 Å². The summed E-state index contributed by atoms with van der Waals surface area (Å²) in [6, 6.07) is 3.43. The second-order valence-electron chi connectivity index (χ2n) is 6.30. The molecule has 2 amide bonds. The molecule has 32 heavy (non-hydrogen) atoms. The van der Waals surface area contributed by atoms with Gasteiger partial charge in [-0.15, -0.1) is 10.2 Å². The van der Waals surface area contributed by atoms with Crippen LogP contribution in [0.1, 0.15) is 5.56 Å². The van der Waals surface area contributed by atoms with E-state index in [1.165, 1.54) is 36.4 Å². The van der Waals surface area contributed by atoms with Gasteiger partial charge in [-0.25, -0.2) is 5.43 Å². The lowest BCUT2D eigenvalue weighted by atomic mass is 10.2. The molecule has 11 nitrogen and oxygen atoms in total. The number of halogens is 1.